The van der Waals surface area contributed by atoms with E-state index in [2.05, 4.69) is 10.0 Å². The lowest BCUT2D eigenvalue weighted by atomic mass is 9.95. The van der Waals surface area contributed by atoms with Crippen LogP contribution in [0, 0.1) is 0 Å². The average Bonchev–Trinajstić information content (AvgIpc) is 3.10. The summed E-state index contributed by atoms with van der Waals surface area (Å²) in [7, 11) is -2.66. The van der Waals surface area contributed by atoms with E-state index in [-0.39, 0.29) is 33.9 Å². The van der Waals surface area contributed by atoms with Gasteiger partial charge < -0.3 is 14.8 Å². The Morgan fingerprint density at radius 3 is 2.56 bits per heavy atom. The van der Waals surface area contributed by atoms with Gasteiger partial charge in [0.05, 0.1) is 29.7 Å². The smallest absolute Gasteiger partial charge is 0.341 e. The highest BCUT2D eigenvalue weighted by atomic mass is 32.2. The van der Waals surface area contributed by atoms with Gasteiger partial charge in [0.2, 0.25) is 0 Å². The van der Waals surface area contributed by atoms with Crippen LogP contribution in [0.25, 0.3) is 0 Å². The Bertz CT molecular complexity index is 1120. The van der Waals surface area contributed by atoms with Crippen molar-refractivity contribution in [1.82, 2.24) is 5.32 Å². The first-order valence-electron chi connectivity index (χ1n) is 10.5. The lowest BCUT2D eigenvalue weighted by Crippen LogP contribution is -2.30. The summed E-state index contributed by atoms with van der Waals surface area (Å²) < 4.78 is 39.4. The summed E-state index contributed by atoms with van der Waals surface area (Å²) in [5.74, 6) is -0.704. The molecule has 0 unspecified atom stereocenters. The normalized spacial score (nSPS) is 13.4. The minimum atomic E-state index is -4.08. The van der Waals surface area contributed by atoms with Gasteiger partial charge in [0.1, 0.15) is 10.8 Å². The molecule has 10 heteroatoms. The van der Waals surface area contributed by atoms with Gasteiger partial charge >= 0.3 is 5.97 Å². The largest absolute Gasteiger partial charge is 0.496 e. The van der Waals surface area contributed by atoms with Crippen LogP contribution in [-0.2, 0) is 27.6 Å². The molecule has 2 N–H and O–H groups in total. The number of sulfonamides is 1. The lowest BCUT2D eigenvalue weighted by molar-refractivity contribution is 0.0526. The van der Waals surface area contributed by atoms with E-state index in [1.807, 2.05) is 13.8 Å². The molecular weight excluding hydrogens is 452 g/mol. The van der Waals surface area contributed by atoms with Crippen molar-refractivity contribution in [1.29, 1.82) is 0 Å². The summed E-state index contributed by atoms with van der Waals surface area (Å²) >= 11 is 1.27. The summed E-state index contributed by atoms with van der Waals surface area (Å²) in [5, 5.41) is 2.99. The molecule has 0 fully saturated rings. The fourth-order valence-electron chi connectivity index (χ4n) is 3.61. The Kier molecular flexibility index (Phi) is 7.45. The van der Waals surface area contributed by atoms with Gasteiger partial charge in [0.15, 0.2) is 0 Å². The van der Waals surface area contributed by atoms with Crippen molar-refractivity contribution in [2.24, 2.45) is 0 Å². The van der Waals surface area contributed by atoms with E-state index < -0.39 is 21.9 Å². The molecule has 1 amide bonds. The highest BCUT2D eigenvalue weighted by molar-refractivity contribution is 7.93. The molecule has 1 aliphatic carbocycles. The Morgan fingerprint density at radius 2 is 1.91 bits per heavy atom. The highest BCUT2D eigenvalue weighted by Crippen LogP contribution is 2.39. The number of benzene rings is 1. The van der Waals surface area contributed by atoms with Crippen molar-refractivity contribution >= 4 is 38.2 Å². The van der Waals surface area contributed by atoms with Crippen molar-refractivity contribution in [2.45, 2.75) is 57.4 Å². The summed E-state index contributed by atoms with van der Waals surface area (Å²) in [6, 6.07) is 3.95. The number of fused-ring (bicyclic) bond motifs is 1. The molecule has 0 radical (unpaired) electrons. The van der Waals surface area contributed by atoms with E-state index in [1.165, 1.54) is 36.6 Å². The van der Waals surface area contributed by atoms with Crippen LogP contribution in [0.1, 0.15) is 64.8 Å². The fraction of sp³-hybridized carbons (Fsp3) is 0.455. The molecule has 1 heterocycles. The third-order valence-electron chi connectivity index (χ3n) is 5.02. The highest BCUT2D eigenvalue weighted by Gasteiger charge is 2.29. The zero-order chi connectivity index (χ0) is 23.5. The van der Waals surface area contributed by atoms with Crippen molar-refractivity contribution in [3.63, 3.8) is 0 Å². The molecule has 0 saturated carbocycles. The molecule has 1 aromatic carbocycles. The third kappa shape index (κ3) is 5.07. The van der Waals surface area contributed by atoms with Crippen LogP contribution in [0.2, 0.25) is 0 Å². The van der Waals surface area contributed by atoms with E-state index in [0.717, 1.165) is 29.7 Å². The van der Waals surface area contributed by atoms with Crippen molar-refractivity contribution in [3.8, 4) is 5.75 Å². The summed E-state index contributed by atoms with van der Waals surface area (Å²) in [4.78, 5) is 26.1. The number of thiophene rings is 1. The number of methoxy groups -OCH3 is 1. The van der Waals surface area contributed by atoms with Crippen molar-refractivity contribution in [3.05, 3.63) is 39.8 Å². The Hall–Kier alpha value is -2.59. The summed E-state index contributed by atoms with van der Waals surface area (Å²) in [6.45, 7) is 5.52. The zero-order valence-corrected chi connectivity index (χ0v) is 20.2. The maximum atomic E-state index is 13.2. The van der Waals surface area contributed by atoms with Gasteiger partial charge in [-0.3, -0.25) is 9.52 Å². The number of carbonyl (C=O) groups is 2. The number of esters is 1. The second-order valence-electron chi connectivity index (χ2n) is 7.73. The minimum Gasteiger partial charge on any atom is -0.496 e. The first-order chi connectivity index (χ1) is 15.2. The van der Waals surface area contributed by atoms with Crippen LogP contribution in [0.15, 0.2) is 23.1 Å². The Morgan fingerprint density at radius 1 is 1.19 bits per heavy atom. The summed E-state index contributed by atoms with van der Waals surface area (Å²) in [6.07, 6.45) is 3.45. The first kappa shape index (κ1) is 24.1. The average molecular weight is 481 g/mol. The number of hydrogen-bond donors (Lipinski definition) is 2. The molecule has 174 valence electrons. The topological polar surface area (TPSA) is 111 Å². The molecule has 0 spiro atoms. The van der Waals surface area contributed by atoms with Gasteiger partial charge in [-0.2, -0.15) is 0 Å². The number of nitrogens with one attached hydrogen (secondary N) is 2. The number of rotatable bonds is 8. The number of carbonyl (C=O) groups excluding carboxylic acids is 2. The molecule has 1 aliphatic rings. The standard InChI is InChI=1S/C22H28N2O6S2/c1-5-30-22(26)19-15-8-6-7-9-18(15)31-21(19)24-32(27,28)14-10-11-17(29-4)16(12-14)20(25)23-13(2)3/h10-13,24H,5-9H2,1-4H3,(H,23,25). The monoisotopic (exact) mass is 480 g/mol. The van der Waals surface area contributed by atoms with Gasteiger partial charge in [-0.1, -0.05) is 0 Å². The molecule has 0 bridgehead atoms. The quantitative estimate of drug-likeness (QED) is 0.557. The Labute approximate surface area is 192 Å². The lowest BCUT2D eigenvalue weighted by Gasteiger charge is -2.14. The number of aryl methyl sites for hydroxylation is 1. The van der Waals surface area contributed by atoms with E-state index in [4.69, 9.17) is 9.47 Å². The minimum absolute atomic E-state index is 0.103. The molecule has 1 aromatic heterocycles. The van der Waals surface area contributed by atoms with Crippen LogP contribution in [0.4, 0.5) is 5.00 Å². The van der Waals surface area contributed by atoms with Crippen LogP contribution < -0.4 is 14.8 Å². The van der Waals surface area contributed by atoms with E-state index >= 15 is 0 Å². The molecule has 0 atom stereocenters. The number of ether oxygens (including phenoxy) is 2. The maximum absolute atomic E-state index is 13.2. The predicted octanol–water partition coefficient (Wildman–Crippen LogP) is 3.75. The van der Waals surface area contributed by atoms with Crippen LogP contribution in [0.3, 0.4) is 0 Å². The van der Waals surface area contributed by atoms with Gasteiger partial charge in [0, 0.05) is 10.9 Å². The molecule has 0 saturated heterocycles. The summed E-state index contributed by atoms with van der Waals surface area (Å²) in [5.41, 5.74) is 1.27. The van der Waals surface area contributed by atoms with Crippen LogP contribution in [-0.4, -0.2) is 40.1 Å². The van der Waals surface area contributed by atoms with E-state index in [0.29, 0.717) is 12.0 Å². The molecule has 0 aliphatic heterocycles. The van der Waals surface area contributed by atoms with Gasteiger partial charge in [0.25, 0.3) is 15.9 Å². The molecule has 3 rings (SSSR count). The third-order valence-corrected chi connectivity index (χ3v) is 7.71. The molecule has 2 aromatic rings. The predicted molar refractivity (Wildman–Crippen MR) is 123 cm³/mol. The number of amides is 1. The van der Waals surface area contributed by atoms with Gasteiger partial charge in [-0.15, -0.1) is 11.3 Å². The second kappa shape index (κ2) is 9.91. The van der Waals surface area contributed by atoms with Gasteiger partial charge in [-0.05, 0) is 70.2 Å². The van der Waals surface area contributed by atoms with E-state index in [9.17, 15) is 18.0 Å². The van der Waals surface area contributed by atoms with E-state index in [1.54, 1.807) is 6.92 Å². The molecule has 32 heavy (non-hydrogen) atoms. The SMILES string of the molecule is CCOC(=O)c1c(NS(=O)(=O)c2ccc(OC)c(C(=O)NC(C)C)c2)sc2c1CCCC2. The maximum Gasteiger partial charge on any atom is 0.341 e. The zero-order valence-electron chi connectivity index (χ0n) is 18.6. The molecular formula is C22H28N2O6S2. The van der Waals surface area contributed by atoms with Crippen molar-refractivity contribution in [2.75, 3.05) is 18.4 Å². The number of anilines is 1. The first-order valence-corrected chi connectivity index (χ1v) is 12.8. The fourth-order valence-corrected chi connectivity index (χ4v) is 6.22. The Balaban J connectivity index is 2.00. The van der Waals surface area contributed by atoms with Crippen LogP contribution in [0.5, 0.6) is 5.75 Å². The second-order valence-corrected chi connectivity index (χ2v) is 10.5. The van der Waals surface area contributed by atoms with Crippen molar-refractivity contribution < 1.29 is 27.5 Å². The molecule has 8 nitrogen and oxygen atoms in total. The van der Waals surface area contributed by atoms with Gasteiger partial charge in [-0.25, -0.2) is 13.2 Å². The number of hydrogen-bond acceptors (Lipinski definition) is 7. The van der Waals surface area contributed by atoms with Crippen LogP contribution >= 0.6 is 11.3 Å².